The molecule has 0 aliphatic rings. The minimum absolute atomic E-state index is 0.365. The lowest BCUT2D eigenvalue weighted by Crippen LogP contribution is -2.30. The van der Waals surface area contributed by atoms with Gasteiger partial charge in [0.25, 0.3) is 5.91 Å². The Labute approximate surface area is 132 Å². The van der Waals surface area contributed by atoms with E-state index in [-0.39, 0.29) is 5.91 Å². The number of nitrogen functional groups attached to an aromatic ring is 1. The van der Waals surface area contributed by atoms with E-state index in [4.69, 9.17) is 22.2 Å². The lowest BCUT2D eigenvalue weighted by atomic mass is 10.2. The summed E-state index contributed by atoms with van der Waals surface area (Å²) in [5, 5.41) is 0.720. The van der Waals surface area contributed by atoms with Crippen molar-refractivity contribution < 1.29 is 9.53 Å². The van der Waals surface area contributed by atoms with Crippen molar-refractivity contribution in [1.82, 2.24) is 5.43 Å². The van der Waals surface area contributed by atoms with Crippen molar-refractivity contribution in [2.75, 3.05) is 12.4 Å². The third kappa shape index (κ3) is 4.67. The summed E-state index contributed by atoms with van der Waals surface area (Å²) in [5.41, 5.74) is 2.53. The number of carbonyl (C=O) groups excluding carboxylic acids is 1. The van der Waals surface area contributed by atoms with Crippen molar-refractivity contribution in [3.8, 4) is 5.75 Å². The molecule has 21 heavy (non-hydrogen) atoms. The number of ether oxygens (including phenoxy) is 1. The Bertz CT molecular complexity index is 605. The van der Waals surface area contributed by atoms with Crippen molar-refractivity contribution in [3.63, 3.8) is 0 Å². The van der Waals surface area contributed by atoms with E-state index in [1.807, 2.05) is 30.3 Å². The molecule has 0 aliphatic heterocycles. The highest BCUT2D eigenvalue weighted by Gasteiger charge is 2.10. The number of nitrogens with one attached hydrogen (secondary N) is 1. The predicted octanol–water partition coefficient (Wildman–Crippen LogP) is 3.11. The van der Waals surface area contributed by atoms with Crippen LogP contribution in [0.1, 0.15) is 10.4 Å². The van der Waals surface area contributed by atoms with Gasteiger partial charge in [-0.1, -0.05) is 23.7 Å². The average molecular weight is 323 g/mol. The third-order valence-corrected chi connectivity index (χ3v) is 3.91. The number of benzene rings is 2. The van der Waals surface area contributed by atoms with Crippen LogP contribution < -0.4 is 16.0 Å². The quantitative estimate of drug-likeness (QED) is 0.282. The summed E-state index contributed by atoms with van der Waals surface area (Å²) in [6.07, 6.45) is 0. The maximum atomic E-state index is 11.6. The molecule has 1 amide bonds. The van der Waals surface area contributed by atoms with Crippen molar-refractivity contribution in [3.05, 3.63) is 59.1 Å². The van der Waals surface area contributed by atoms with E-state index in [1.165, 1.54) is 0 Å². The van der Waals surface area contributed by atoms with Gasteiger partial charge in [-0.2, -0.15) is 0 Å². The first-order valence-electron chi connectivity index (χ1n) is 6.32. The summed E-state index contributed by atoms with van der Waals surface area (Å²) in [6.45, 7) is 0.488. The third-order valence-electron chi connectivity index (χ3n) is 2.69. The molecule has 0 saturated heterocycles. The molecule has 0 unspecified atom stereocenters. The van der Waals surface area contributed by atoms with Gasteiger partial charge in [0.15, 0.2) is 0 Å². The first kappa shape index (κ1) is 15.7. The highest BCUT2D eigenvalue weighted by molar-refractivity contribution is 7.99. The van der Waals surface area contributed by atoms with Crippen LogP contribution in [0.25, 0.3) is 0 Å². The van der Waals surface area contributed by atoms with Crippen molar-refractivity contribution in [1.29, 1.82) is 0 Å². The zero-order chi connectivity index (χ0) is 15.1. The molecule has 0 aliphatic carbocycles. The molecule has 6 heteroatoms. The fourth-order valence-electron chi connectivity index (χ4n) is 1.70. The minimum atomic E-state index is -0.365. The normalized spacial score (nSPS) is 10.2. The molecule has 0 aromatic heterocycles. The zero-order valence-electron chi connectivity index (χ0n) is 11.2. The van der Waals surface area contributed by atoms with Crippen LogP contribution in [0.2, 0.25) is 5.02 Å². The Morgan fingerprint density at radius 3 is 2.62 bits per heavy atom. The SMILES string of the molecule is NNC(=O)c1ccccc1OCCSc1ccc(Cl)cc1. The maximum Gasteiger partial charge on any atom is 0.268 e. The summed E-state index contributed by atoms with van der Waals surface area (Å²) in [7, 11) is 0. The Morgan fingerprint density at radius 2 is 1.90 bits per heavy atom. The largest absolute Gasteiger partial charge is 0.492 e. The van der Waals surface area contributed by atoms with Gasteiger partial charge in [0.1, 0.15) is 5.75 Å². The molecule has 0 spiro atoms. The summed E-state index contributed by atoms with van der Waals surface area (Å²) < 4.78 is 5.64. The van der Waals surface area contributed by atoms with E-state index < -0.39 is 0 Å². The molecule has 0 heterocycles. The number of amides is 1. The van der Waals surface area contributed by atoms with Gasteiger partial charge < -0.3 is 4.74 Å². The predicted molar refractivity (Wildman–Crippen MR) is 85.8 cm³/mol. The van der Waals surface area contributed by atoms with Crippen LogP contribution in [0, 0.1) is 0 Å². The van der Waals surface area contributed by atoms with Gasteiger partial charge in [0.2, 0.25) is 0 Å². The van der Waals surface area contributed by atoms with Crippen LogP contribution in [0.3, 0.4) is 0 Å². The first-order chi connectivity index (χ1) is 10.2. The van der Waals surface area contributed by atoms with E-state index in [0.29, 0.717) is 17.9 Å². The highest BCUT2D eigenvalue weighted by atomic mass is 35.5. The molecule has 0 saturated carbocycles. The molecular weight excluding hydrogens is 308 g/mol. The summed E-state index contributed by atoms with van der Waals surface area (Å²) in [6, 6.07) is 14.6. The average Bonchev–Trinajstić information content (AvgIpc) is 2.53. The van der Waals surface area contributed by atoms with E-state index >= 15 is 0 Å². The number of hydrogen-bond acceptors (Lipinski definition) is 4. The second kappa shape index (κ2) is 7.93. The van der Waals surface area contributed by atoms with E-state index in [2.05, 4.69) is 5.43 Å². The number of carbonyl (C=O) groups is 1. The van der Waals surface area contributed by atoms with Crippen LogP contribution in [0.15, 0.2) is 53.4 Å². The second-order valence-corrected chi connectivity index (χ2v) is 5.73. The van der Waals surface area contributed by atoms with Gasteiger partial charge in [-0.3, -0.25) is 10.2 Å². The summed E-state index contributed by atoms with van der Waals surface area (Å²) >= 11 is 7.49. The van der Waals surface area contributed by atoms with Gasteiger partial charge in [-0.25, -0.2) is 5.84 Å². The molecule has 3 N–H and O–H groups in total. The Hall–Kier alpha value is -1.69. The molecule has 110 valence electrons. The summed E-state index contributed by atoms with van der Waals surface area (Å²) in [4.78, 5) is 12.7. The van der Waals surface area contributed by atoms with Gasteiger partial charge in [0.05, 0.1) is 12.2 Å². The topological polar surface area (TPSA) is 64.3 Å². The first-order valence-corrected chi connectivity index (χ1v) is 7.68. The lowest BCUT2D eigenvalue weighted by Gasteiger charge is -2.10. The summed E-state index contributed by atoms with van der Waals surface area (Å²) in [5.74, 6) is 6.07. The van der Waals surface area contributed by atoms with Gasteiger partial charge >= 0.3 is 0 Å². The zero-order valence-corrected chi connectivity index (χ0v) is 12.8. The van der Waals surface area contributed by atoms with Crippen molar-refractivity contribution in [2.45, 2.75) is 4.90 Å². The molecule has 2 rings (SSSR count). The number of thioether (sulfide) groups is 1. The van der Waals surface area contributed by atoms with Crippen LogP contribution in [-0.4, -0.2) is 18.3 Å². The number of hydrazine groups is 1. The molecule has 0 radical (unpaired) electrons. The van der Waals surface area contributed by atoms with E-state index in [0.717, 1.165) is 15.7 Å². The fraction of sp³-hybridized carbons (Fsp3) is 0.133. The van der Waals surface area contributed by atoms with Crippen LogP contribution >= 0.6 is 23.4 Å². The van der Waals surface area contributed by atoms with E-state index in [1.54, 1.807) is 30.0 Å². The van der Waals surface area contributed by atoms with Gasteiger partial charge in [-0.15, -0.1) is 11.8 Å². The molecule has 0 atom stereocenters. The number of para-hydroxylation sites is 1. The Balaban J connectivity index is 1.86. The monoisotopic (exact) mass is 322 g/mol. The fourth-order valence-corrected chi connectivity index (χ4v) is 2.56. The van der Waals surface area contributed by atoms with Gasteiger partial charge in [0, 0.05) is 15.7 Å². The van der Waals surface area contributed by atoms with Crippen molar-refractivity contribution in [2.24, 2.45) is 5.84 Å². The standard InChI is InChI=1S/C15H15ClN2O2S/c16-11-5-7-12(8-6-11)21-10-9-20-14-4-2-1-3-13(14)15(19)18-17/h1-8H,9-10,17H2,(H,18,19). The second-order valence-electron chi connectivity index (χ2n) is 4.12. The molecule has 2 aromatic carbocycles. The molecule has 0 bridgehead atoms. The number of nitrogens with two attached hydrogens (primary N) is 1. The van der Waals surface area contributed by atoms with Crippen LogP contribution in [0.5, 0.6) is 5.75 Å². The number of halogens is 1. The highest BCUT2D eigenvalue weighted by Crippen LogP contribution is 2.21. The number of hydrogen-bond donors (Lipinski definition) is 2. The van der Waals surface area contributed by atoms with Crippen molar-refractivity contribution >= 4 is 29.3 Å². The van der Waals surface area contributed by atoms with E-state index in [9.17, 15) is 4.79 Å². The maximum absolute atomic E-state index is 11.6. The molecular formula is C15H15ClN2O2S. The molecule has 4 nitrogen and oxygen atoms in total. The minimum Gasteiger partial charge on any atom is -0.492 e. The smallest absolute Gasteiger partial charge is 0.268 e. The number of rotatable bonds is 6. The van der Waals surface area contributed by atoms with Crippen LogP contribution in [-0.2, 0) is 0 Å². The molecule has 0 fully saturated rings. The van der Waals surface area contributed by atoms with Gasteiger partial charge in [-0.05, 0) is 36.4 Å². The Morgan fingerprint density at radius 1 is 1.19 bits per heavy atom. The Kier molecular flexibility index (Phi) is 5.92. The molecule has 2 aromatic rings. The van der Waals surface area contributed by atoms with Crippen LogP contribution in [0.4, 0.5) is 0 Å². The lowest BCUT2D eigenvalue weighted by molar-refractivity contribution is 0.0950.